The Morgan fingerprint density at radius 1 is 1.11 bits per heavy atom. The number of carbonyl (C=O) groups excluding carboxylic acids is 2. The van der Waals surface area contributed by atoms with E-state index in [9.17, 15) is 19.7 Å². The molecule has 11 heteroatoms. The van der Waals surface area contributed by atoms with E-state index in [1.807, 2.05) is 24.3 Å². The number of non-ortho nitro benzene ring substituents is 1. The lowest BCUT2D eigenvalue weighted by Gasteiger charge is -2.14. The lowest BCUT2D eigenvalue weighted by molar-refractivity contribution is -0.384. The molecule has 0 spiro atoms. The highest BCUT2D eigenvalue weighted by atomic mass is 32.2. The second-order valence-corrected chi connectivity index (χ2v) is 9.76. The minimum absolute atomic E-state index is 0.0766. The van der Waals surface area contributed by atoms with Gasteiger partial charge in [-0.05, 0) is 60.0 Å². The SMILES string of the molecule is CCc1ccc(NC(=O)COc2ccc(/C=C3/SC(=S)N(c4ccc([N+](=O)[O-])cc4)C3=O)cc2OC)cc1. The number of nitro benzene ring substituents is 1. The topological polar surface area (TPSA) is 111 Å². The zero-order valence-corrected chi connectivity index (χ0v) is 22.1. The maximum atomic E-state index is 13.0. The molecule has 1 fully saturated rings. The third kappa shape index (κ3) is 6.18. The van der Waals surface area contributed by atoms with E-state index in [-0.39, 0.29) is 24.1 Å². The molecule has 3 aromatic carbocycles. The van der Waals surface area contributed by atoms with Gasteiger partial charge in [0.15, 0.2) is 22.4 Å². The molecule has 4 rings (SSSR count). The normalized spacial score (nSPS) is 14.1. The minimum atomic E-state index is -0.508. The van der Waals surface area contributed by atoms with Gasteiger partial charge in [0.2, 0.25) is 0 Å². The number of nitrogens with one attached hydrogen (secondary N) is 1. The van der Waals surface area contributed by atoms with Gasteiger partial charge >= 0.3 is 0 Å². The second-order valence-electron chi connectivity index (χ2n) is 8.09. The summed E-state index contributed by atoms with van der Waals surface area (Å²) in [5.74, 6) is 0.122. The van der Waals surface area contributed by atoms with Crippen LogP contribution in [-0.2, 0) is 16.0 Å². The van der Waals surface area contributed by atoms with E-state index in [0.29, 0.717) is 37.7 Å². The highest BCUT2D eigenvalue weighted by Gasteiger charge is 2.33. The number of benzene rings is 3. The van der Waals surface area contributed by atoms with E-state index in [1.54, 1.807) is 24.3 Å². The minimum Gasteiger partial charge on any atom is -0.493 e. The molecule has 2 amide bonds. The Hall–Kier alpha value is -4.22. The van der Waals surface area contributed by atoms with Crippen LogP contribution < -0.4 is 19.7 Å². The molecular weight excluding hydrogens is 526 g/mol. The largest absolute Gasteiger partial charge is 0.493 e. The second kappa shape index (κ2) is 11.9. The predicted octanol–water partition coefficient (Wildman–Crippen LogP) is 5.59. The summed E-state index contributed by atoms with van der Waals surface area (Å²) < 4.78 is 11.4. The molecule has 0 unspecified atom stereocenters. The molecule has 0 aromatic heterocycles. The first-order valence-electron chi connectivity index (χ1n) is 11.5. The van der Waals surface area contributed by atoms with E-state index < -0.39 is 4.92 Å². The molecule has 1 heterocycles. The molecule has 0 aliphatic carbocycles. The standard InChI is InChI=1S/C27H23N3O6S2/c1-3-17-4-7-19(8-5-17)28-25(31)16-36-22-13-6-18(14-23(22)35-2)15-24-26(32)29(27(37)38-24)20-9-11-21(12-10-20)30(33)34/h4-15H,3,16H2,1-2H3,(H,28,31)/b24-15+. The molecule has 3 aromatic rings. The van der Waals surface area contributed by atoms with E-state index in [2.05, 4.69) is 12.2 Å². The molecule has 0 bridgehead atoms. The Labute approximate surface area is 228 Å². The van der Waals surface area contributed by atoms with Crippen molar-refractivity contribution >= 4 is 63.3 Å². The number of rotatable bonds is 9. The van der Waals surface area contributed by atoms with Crippen LogP contribution in [0.5, 0.6) is 11.5 Å². The first kappa shape index (κ1) is 26.8. The van der Waals surface area contributed by atoms with Crippen LogP contribution in [0, 0.1) is 10.1 Å². The Kier molecular flexibility index (Phi) is 8.39. The zero-order valence-electron chi connectivity index (χ0n) is 20.5. The smallest absolute Gasteiger partial charge is 0.270 e. The van der Waals surface area contributed by atoms with Crippen molar-refractivity contribution < 1.29 is 24.0 Å². The fourth-order valence-electron chi connectivity index (χ4n) is 3.62. The molecular formula is C27H23N3O6S2. The summed E-state index contributed by atoms with van der Waals surface area (Å²) in [7, 11) is 1.48. The van der Waals surface area contributed by atoms with Crippen molar-refractivity contribution in [2.45, 2.75) is 13.3 Å². The van der Waals surface area contributed by atoms with Gasteiger partial charge in [0, 0.05) is 17.8 Å². The number of amides is 2. The van der Waals surface area contributed by atoms with Crippen molar-refractivity contribution in [3.8, 4) is 11.5 Å². The molecule has 0 radical (unpaired) electrons. The summed E-state index contributed by atoms with van der Waals surface area (Å²) in [5, 5.41) is 13.7. The fraction of sp³-hybridized carbons (Fsp3) is 0.148. The van der Waals surface area contributed by atoms with Gasteiger partial charge < -0.3 is 14.8 Å². The van der Waals surface area contributed by atoms with Crippen LogP contribution in [0.25, 0.3) is 6.08 Å². The number of carbonyl (C=O) groups is 2. The molecule has 194 valence electrons. The first-order chi connectivity index (χ1) is 18.3. The number of thiocarbonyl (C=S) groups is 1. The highest BCUT2D eigenvalue weighted by Crippen LogP contribution is 2.37. The maximum Gasteiger partial charge on any atom is 0.270 e. The van der Waals surface area contributed by atoms with E-state index in [4.69, 9.17) is 21.7 Å². The summed E-state index contributed by atoms with van der Waals surface area (Å²) in [6, 6.07) is 18.3. The van der Waals surface area contributed by atoms with Gasteiger partial charge in [-0.2, -0.15) is 0 Å². The Morgan fingerprint density at radius 3 is 2.45 bits per heavy atom. The number of ether oxygens (including phenoxy) is 2. The molecule has 9 nitrogen and oxygen atoms in total. The number of nitro groups is 1. The van der Waals surface area contributed by atoms with Gasteiger partial charge in [-0.3, -0.25) is 24.6 Å². The van der Waals surface area contributed by atoms with Gasteiger partial charge in [0.1, 0.15) is 0 Å². The summed E-state index contributed by atoms with van der Waals surface area (Å²) >= 11 is 6.50. The predicted molar refractivity (Wildman–Crippen MR) is 152 cm³/mol. The molecule has 1 saturated heterocycles. The Morgan fingerprint density at radius 2 is 1.82 bits per heavy atom. The van der Waals surface area contributed by atoms with E-state index in [0.717, 1.165) is 18.2 Å². The van der Waals surface area contributed by atoms with Crippen molar-refractivity contribution in [3.63, 3.8) is 0 Å². The number of methoxy groups -OCH3 is 1. The average Bonchev–Trinajstić information content (AvgIpc) is 3.20. The number of nitrogens with zero attached hydrogens (tertiary/aromatic N) is 2. The summed E-state index contributed by atoms with van der Waals surface area (Å²) in [6.45, 7) is 1.85. The molecule has 0 saturated carbocycles. The Balaban J connectivity index is 1.43. The van der Waals surface area contributed by atoms with Crippen molar-refractivity contribution in [3.05, 3.63) is 92.9 Å². The van der Waals surface area contributed by atoms with Crippen molar-refractivity contribution in [2.24, 2.45) is 0 Å². The molecule has 1 N–H and O–H groups in total. The lowest BCUT2D eigenvalue weighted by Crippen LogP contribution is -2.27. The van der Waals surface area contributed by atoms with Crippen molar-refractivity contribution in [1.29, 1.82) is 0 Å². The molecule has 0 atom stereocenters. The average molecular weight is 550 g/mol. The van der Waals surface area contributed by atoms with Gasteiger partial charge in [-0.25, -0.2) is 0 Å². The zero-order chi connectivity index (χ0) is 27.2. The van der Waals surface area contributed by atoms with Crippen molar-refractivity contribution in [2.75, 3.05) is 23.9 Å². The van der Waals surface area contributed by atoms with Crippen LogP contribution in [0.3, 0.4) is 0 Å². The van der Waals surface area contributed by atoms with Gasteiger partial charge in [-0.1, -0.05) is 49.1 Å². The molecule has 38 heavy (non-hydrogen) atoms. The summed E-state index contributed by atoms with van der Waals surface area (Å²) in [4.78, 5) is 37.5. The quantitative estimate of drug-likeness (QED) is 0.159. The molecule has 1 aliphatic rings. The number of anilines is 2. The lowest BCUT2D eigenvalue weighted by atomic mass is 10.1. The van der Waals surface area contributed by atoms with Crippen LogP contribution in [0.2, 0.25) is 0 Å². The van der Waals surface area contributed by atoms with E-state index >= 15 is 0 Å². The van der Waals surface area contributed by atoms with Gasteiger partial charge in [0.05, 0.1) is 22.6 Å². The number of hydrogen-bond donors (Lipinski definition) is 1. The first-order valence-corrected chi connectivity index (χ1v) is 12.7. The summed E-state index contributed by atoms with van der Waals surface area (Å²) in [6.07, 6.45) is 2.59. The third-order valence-corrected chi connectivity index (χ3v) is 6.90. The van der Waals surface area contributed by atoms with Crippen molar-refractivity contribution in [1.82, 2.24) is 0 Å². The van der Waals surface area contributed by atoms with Crippen LogP contribution in [0.4, 0.5) is 17.1 Å². The monoisotopic (exact) mass is 549 g/mol. The number of thioether (sulfide) groups is 1. The molecule has 1 aliphatic heterocycles. The maximum absolute atomic E-state index is 13.0. The van der Waals surface area contributed by atoms with Crippen LogP contribution in [-0.4, -0.2) is 34.8 Å². The van der Waals surface area contributed by atoms with Crippen LogP contribution >= 0.6 is 24.0 Å². The van der Waals surface area contributed by atoms with Crippen LogP contribution in [0.15, 0.2) is 71.6 Å². The van der Waals surface area contributed by atoms with Gasteiger partial charge in [-0.15, -0.1) is 0 Å². The van der Waals surface area contributed by atoms with Gasteiger partial charge in [0.25, 0.3) is 17.5 Å². The van der Waals surface area contributed by atoms with Crippen LogP contribution in [0.1, 0.15) is 18.1 Å². The number of hydrogen-bond acceptors (Lipinski definition) is 8. The summed E-state index contributed by atoms with van der Waals surface area (Å²) in [5.41, 5.74) is 2.90. The number of aryl methyl sites for hydroxylation is 1. The fourth-order valence-corrected chi connectivity index (χ4v) is 4.92. The Bertz CT molecular complexity index is 1420. The highest BCUT2D eigenvalue weighted by molar-refractivity contribution is 8.27. The third-order valence-electron chi connectivity index (χ3n) is 5.60. The van der Waals surface area contributed by atoms with E-state index in [1.165, 1.54) is 41.8 Å².